The average molecular weight is 232 g/mol. The number of esters is 2. The Bertz CT molecular complexity index is 242. The molecule has 0 aromatic carbocycles. The molecule has 0 saturated heterocycles. The first-order chi connectivity index (χ1) is 7.63. The second-order valence-electron chi connectivity index (χ2n) is 2.83. The van der Waals surface area contributed by atoms with Crippen LogP contribution in [-0.4, -0.2) is 52.6 Å². The minimum atomic E-state index is -0.649. The fraction of sp³-hybridized carbons (Fsp3) is 0.600. The first-order valence-corrected chi connectivity index (χ1v) is 4.58. The van der Waals surface area contributed by atoms with E-state index in [9.17, 15) is 9.59 Å². The van der Waals surface area contributed by atoms with Gasteiger partial charge in [-0.3, -0.25) is 0 Å². The fourth-order valence-corrected chi connectivity index (χ4v) is 0.896. The third-order valence-corrected chi connectivity index (χ3v) is 1.54. The van der Waals surface area contributed by atoms with Crippen LogP contribution >= 0.6 is 0 Å². The topological polar surface area (TPSA) is 71.1 Å². The van der Waals surface area contributed by atoms with Crippen molar-refractivity contribution in [2.45, 2.75) is 6.10 Å². The summed E-state index contributed by atoms with van der Waals surface area (Å²) in [5.74, 6) is -1.27. The van der Waals surface area contributed by atoms with Crippen LogP contribution in [0.5, 0.6) is 0 Å². The lowest BCUT2D eigenvalue weighted by Gasteiger charge is -2.14. The zero-order valence-corrected chi connectivity index (χ0v) is 9.60. The third kappa shape index (κ3) is 6.97. The van der Waals surface area contributed by atoms with Crippen molar-refractivity contribution in [1.29, 1.82) is 0 Å². The standard InChI is InChI=1S/C10H16O6/c1-13-6-8(7-14-2)16-10(12)5-4-9(11)15-3/h4-5,8H,6-7H2,1-3H3/b5-4-. The molecular weight excluding hydrogens is 216 g/mol. The first-order valence-electron chi connectivity index (χ1n) is 4.58. The van der Waals surface area contributed by atoms with Crippen molar-refractivity contribution in [2.24, 2.45) is 0 Å². The molecule has 0 saturated carbocycles. The van der Waals surface area contributed by atoms with Gasteiger partial charge in [0.15, 0.2) is 0 Å². The van der Waals surface area contributed by atoms with Gasteiger partial charge in [0.05, 0.1) is 20.3 Å². The van der Waals surface area contributed by atoms with Crippen LogP contribution in [0, 0.1) is 0 Å². The summed E-state index contributed by atoms with van der Waals surface area (Å²) in [6.45, 7) is 0.456. The molecule has 0 fully saturated rings. The average Bonchev–Trinajstić information content (AvgIpc) is 2.26. The van der Waals surface area contributed by atoms with Gasteiger partial charge in [-0.15, -0.1) is 0 Å². The minimum Gasteiger partial charge on any atom is -0.466 e. The molecule has 0 rings (SSSR count). The molecule has 0 unspecified atom stereocenters. The summed E-state index contributed by atoms with van der Waals surface area (Å²) < 4.78 is 18.9. The van der Waals surface area contributed by atoms with Gasteiger partial charge in [-0.05, 0) is 0 Å². The fourth-order valence-electron chi connectivity index (χ4n) is 0.896. The smallest absolute Gasteiger partial charge is 0.331 e. The zero-order chi connectivity index (χ0) is 12.4. The van der Waals surface area contributed by atoms with Crippen LogP contribution < -0.4 is 0 Å². The Morgan fingerprint density at radius 3 is 1.94 bits per heavy atom. The molecular formula is C10H16O6. The van der Waals surface area contributed by atoms with Gasteiger partial charge in [-0.25, -0.2) is 9.59 Å². The molecule has 6 nitrogen and oxygen atoms in total. The van der Waals surface area contributed by atoms with Gasteiger partial charge in [0.1, 0.15) is 6.10 Å². The maximum absolute atomic E-state index is 11.2. The molecule has 0 heterocycles. The lowest BCUT2D eigenvalue weighted by Crippen LogP contribution is -2.26. The lowest BCUT2D eigenvalue weighted by atomic mass is 10.4. The van der Waals surface area contributed by atoms with E-state index in [4.69, 9.17) is 14.2 Å². The molecule has 0 aromatic rings. The summed E-state index contributed by atoms with van der Waals surface area (Å²) in [6, 6.07) is 0. The van der Waals surface area contributed by atoms with E-state index in [0.29, 0.717) is 0 Å². The van der Waals surface area contributed by atoms with E-state index >= 15 is 0 Å². The first kappa shape index (κ1) is 14.6. The molecule has 0 N–H and O–H groups in total. The summed E-state index contributed by atoms with van der Waals surface area (Å²) in [5, 5.41) is 0. The van der Waals surface area contributed by atoms with E-state index in [1.165, 1.54) is 21.3 Å². The summed E-state index contributed by atoms with van der Waals surface area (Å²) in [6.07, 6.45) is 1.48. The predicted molar refractivity (Wildman–Crippen MR) is 54.8 cm³/mol. The van der Waals surface area contributed by atoms with Crippen LogP contribution in [0.1, 0.15) is 0 Å². The van der Waals surface area contributed by atoms with E-state index in [1.54, 1.807) is 0 Å². The van der Waals surface area contributed by atoms with E-state index in [-0.39, 0.29) is 13.2 Å². The van der Waals surface area contributed by atoms with Crippen molar-refractivity contribution in [3.63, 3.8) is 0 Å². The maximum atomic E-state index is 11.2. The monoisotopic (exact) mass is 232 g/mol. The van der Waals surface area contributed by atoms with Crippen molar-refractivity contribution < 1.29 is 28.5 Å². The minimum absolute atomic E-state index is 0.228. The molecule has 0 aliphatic rings. The van der Waals surface area contributed by atoms with Crippen LogP contribution in [0.3, 0.4) is 0 Å². The maximum Gasteiger partial charge on any atom is 0.331 e. The number of carbonyl (C=O) groups excluding carboxylic acids is 2. The number of ether oxygens (including phenoxy) is 4. The van der Waals surface area contributed by atoms with Crippen molar-refractivity contribution in [3.05, 3.63) is 12.2 Å². The summed E-state index contributed by atoms with van der Waals surface area (Å²) in [4.78, 5) is 21.9. The highest BCUT2D eigenvalue weighted by Gasteiger charge is 2.12. The molecule has 0 aromatic heterocycles. The molecule has 0 amide bonds. The quantitative estimate of drug-likeness (QED) is 0.451. The van der Waals surface area contributed by atoms with Crippen molar-refractivity contribution in [3.8, 4) is 0 Å². The largest absolute Gasteiger partial charge is 0.466 e. The molecule has 0 radical (unpaired) electrons. The highest BCUT2D eigenvalue weighted by atomic mass is 16.6. The summed E-state index contributed by atoms with van der Waals surface area (Å²) in [5.41, 5.74) is 0. The Hall–Kier alpha value is -1.40. The van der Waals surface area contributed by atoms with Crippen LogP contribution in [0.2, 0.25) is 0 Å². The Morgan fingerprint density at radius 1 is 1.00 bits per heavy atom. The van der Waals surface area contributed by atoms with Crippen LogP contribution in [0.25, 0.3) is 0 Å². The number of hydrogen-bond donors (Lipinski definition) is 0. The van der Waals surface area contributed by atoms with E-state index in [2.05, 4.69) is 4.74 Å². The van der Waals surface area contributed by atoms with Crippen LogP contribution in [0.4, 0.5) is 0 Å². The Morgan fingerprint density at radius 2 is 1.50 bits per heavy atom. The normalized spacial score (nSPS) is 10.8. The molecule has 0 spiro atoms. The second kappa shape index (κ2) is 8.87. The van der Waals surface area contributed by atoms with Gasteiger partial charge in [-0.2, -0.15) is 0 Å². The Balaban J connectivity index is 4.08. The second-order valence-corrected chi connectivity index (χ2v) is 2.83. The highest BCUT2D eigenvalue weighted by Crippen LogP contribution is 1.96. The molecule has 0 aliphatic carbocycles. The van der Waals surface area contributed by atoms with Gasteiger partial charge >= 0.3 is 11.9 Å². The number of carbonyl (C=O) groups is 2. The van der Waals surface area contributed by atoms with Crippen molar-refractivity contribution >= 4 is 11.9 Å². The summed E-state index contributed by atoms with van der Waals surface area (Å²) >= 11 is 0. The zero-order valence-electron chi connectivity index (χ0n) is 9.60. The number of methoxy groups -OCH3 is 3. The van der Waals surface area contributed by atoms with E-state index in [0.717, 1.165) is 12.2 Å². The molecule has 0 atom stereocenters. The molecule has 6 heteroatoms. The van der Waals surface area contributed by atoms with Gasteiger partial charge in [-0.1, -0.05) is 0 Å². The van der Waals surface area contributed by atoms with E-state index < -0.39 is 18.0 Å². The van der Waals surface area contributed by atoms with Crippen LogP contribution in [-0.2, 0) is 28.5 Å². The predicted octanol–water partition coefficient (Wildman–Crippen LogP) is -0.0798. The van der Waals surface area contributed by atoms with Gasteiger partial charge < -0.3 is 18.9 Å². The Kier molecular flexibility index (Phi) is 8.10. The SMILES string of the molecule is COCC(COC)OC(=O)/C=C\C(=O)OC. The van der Waals surface area contributed by atoms with Gasteiger partial charge in [0.2, 0.25) is 0 Å². The van der Waals surface area contributed by atoms with Crippen LogP contribution in [0.15, 0.2) is 12.2 Å². The highest BCUT2D eigenvalue weighted by molar-refractivity contribution is 5.91. The number of hydrogen-bond acceptors (Lipinski definition) is 6. The van der Waals surface area contributed by atoms with E-state index in [1.807, 2.05) is 0 Å². The Labute approximate surface area is 94.1 Å². The molecule has 16 heavy (non-hydrogen) atoms. The lowest BCUT2D eigenvalue weighted by molar-refractivity contribution is -0.149. The summed E-state index contributed by atoms with van der Waals surface area (Å²) in [7, 11) is 4.19. The third-order valence-electron chi connectivity index (χ3n) is 1.54. The van der Waals surface area contributed by atoms with Gasteiger partial charge in [0.25, 0.3) is 0 Å². The van der Waals surface area contributed by atoms with Gasteiger partial charge in [0, 0.05) is 26.4 Å². The molecule has 0 bridgehead atoms. The number of rotatable bonds is 7. The van der Waals surface area contributed by atoms with Crippen molar-refractivity contribution in [2.75, 3.05) is 34.5 Å². The molecule has 0 aliphatic heterocycles. The van der Waals surface area contributed by atoms with Crippen molar-refractivity contribution in [1.82, 2.24) is 0 Å². The molecule has 92 valence electrons.